The van der Waals surface area contributed by atoms with Gasteiger partial charge in [-0.05, 0) is 35.7 Å². The van der Waals surface area contributed by atoms with Gasteiger partial charge in [-0.2, -0.15) is 0 Å². The summed E-state index contributed by atoms with van der Waals surface area (Å²) in [4.78, 5) is 1.02. The van der Waals surface area contributed by atoms with Crippen molar-refractivity contribution in [1.82, 2.24) is 0 Å². The number of hydrogen-bond donors (Lipinski definition) is 1. The van der Waals surface area contributed by atoms with Crippen molar-refractivity contribution >= 4 is 12.6 Å². The standard InChI is InChI=1S/C16H18O2S/c1-4-11-10-12(8-9-15(11)19)13-6-5-7-14(17-2)16(13)18-3/h5-10,19H,4H2,1-3H3. The molecule has 0 atom stereocenters. The van der Waals surface area contributed by atoms with Crippen molar-refractivity contribution < 1.29 is 9.47 Å². The fourth-order valence-electron chi connectivity index (χ4n) is 2.15. The van der Waals surface area contributed by atoms with Crippen molar-refractivity contribution in [3.05, 3.63) is 42.0 Å². The summed E-state index contributed by atoms with van der Waals surface area (Å²) >= 11 is 4.47. The summed E-state index contributed by atoms with van der Waals surface area (Å²) in [6, 6.07) is 12.1. The van der Waals surface area contributed by atoms with Crippen molar-refractivity contribution in [2.75, 3.05) is 14.2 Å². The molecule has 2 nitrogen and oxygen atoms in total. The minimum absolute atomic E-state index is 0.744. The van der Waals surface area contributed by atoms with Crippen LogP contribution in [-0.4, -0.2) is 14.2 Å². The Morgan fingerprint density at radius 2 is 1.84 bits per heavy atom. The van der Waals surface area contributed by atoms with Crippen LogP contribution >= 0.6 is 12.6 Å². The average molecular weight is 274 g/mol. The first-order chi connectivity index (χ1) is 9.21. The number of methoxy groups -OCH3 is 2. The van der Waals surface area contributed by atoms with Crippen molar-refractivity contribution in [2.24, 2.45) is 0 Å². The van der Waals surface area contributed by atoms with E-state index in [4.69, 9.17) is 9.47 Å². The number of para-hydroxylation sites is 1. The highest BCUT2D eigenvalue weighted by Crippen LogP contribution is 2.38. The monoisotopic (exact) mass is 274 g/mol. The Bertz CT molecular complexity index is 579. The van der Waals surface area contributed by atoms with Gasteiger partial charge < -0.3 is 9.47 Å². The maximum atomic E-state index is 5.48. The minimum atomic E-state index is 0.744. The number of rotatable bonds is 4. The third-order valence-corrected chi connectivity index (χ3v) is 3.61. The van der Waals surface area contributed by atoms with Gasteiger partial charge in [0, 0.05) is 10.5 Å². The second-order valence-electron chi connectivity index (χ2n) is 4.24. The topological polar surface area (TPSA) is 18.5 Å². The summed E-state index contributed by atoms with van der Waals surface area (Å²) in [5, 5.41) is 0. The SMILES string of the molecule is CCc1cc(-c2cccc(OC)c2OC)ccc1S. The van der Waals surface area contributed by atoms with Crippen LogP contribution in [0.25, 0.3) is 11.1 Å². The molecule has 2 aromatic carbocycles. The molecule has 2 rings (SSSR count). The first kappa shape index (κ1) is 13.8. The zero-order valence-corrected chi connectivity index (χ0v) is 12.3. The molecule has 0 aliphatic rings. The first-order valence-electron chi connectivity index (χ1n) is 6.24. The van der Waals surface area contributed by atoms with E-state index in [2.05, 4.69) is 31.7 Å². The molecule has 0 spiro atoms. The van der Waals surface area contributed by atoms with Crippen LogP contribution in [-0.2, 0) is 6.42 Å². The first-order valence-corrected chi connectivity index (χ1v) is 6.69. The van der Waals surface area contributed by atoms with Gasteiger partial charge in [-0.25, -0.2) is 0 Å². The lowest BCUT2D eigenvalue weighted by atomic mass is 10.0. The summed E-state index contributed by atoms with van der Waals surface area (Å²) in [6.45, 7) is 2.13. The van der Waals surface area contributed by atoms with Crippen molar-refractivity contribution in [2.45, 2.75) is 18.2 Å². The molecule has 0 N–H and O–H groups in total. The van der Waals surface area contributed by atoms with Gasteiger partial charge in [0.1, 0.15) is 0 Å². The molecule has 2 aromatic rings. The number of benzene rings is 2. The quantitative estimate of drug-likeness (QED) is 0.841. The molecule has 0 saturated heterocycles. The number of ether oxygens (including phenoxy) is 2. The van der Waals surface area contributed by atoms with E-state index in [0.29, 0.717) is 0 Å². The Morgan fingerprint density at radius 1 is 1.05 bits per heavy atom. The third-order valence-electron chi connectivity index (χ3n) is 3.17. The van der Waals surface area contributed by atoms with Crippen LogP contribution < -0.4 is 9.47 Å². The zero-order valence-electron chi connectivity index (χ0n) is 11.4. The Labute approximate surface area is 119 Å². The molecule has 0 fully saturated rings. The maximum absolute atomic E-state index is 5.48. The van der Waals surface area contributed by atoms with Crippen LogP contribution in [0, 0.1) is 0 Å². The van der Waals surface area contributed by atoms with Crippen LogP contribution in [0.2, 0.25) is 0 Å². The van der Waals surface area contributed by atoms with Crippen LogP contribution in [0.1, 0.15) is 12.5 Å². The molecule has 0 radical (unpaired) electrons. The lowest BCUT2D eigenvalue weighted by Gasteiger charge is -2.14. The van der Waals surface area contributed by atoms with E-state index in [1.54, 1.807) is 14.2 Å². The Hall–Kier alpha value is -1.61. The average Bonchev–Trinajstić information content (AvgIpc) is 2.46. The molecule has 0 heterocycles. The van der Waals surface area contributed by atoms with Gasteiger partial charge >= 0.3 is 0 Å². The molecule has 0 aliphatic heterocycles. The number of aryl methyl sites for hydroxylation is 1. The van der Waals surface area contributed by atoms with E-state index in [9.17, 15) is 0 Å². The molecule has 3 heteroatoms. The minimum Gasteiger partial charge on any atom is -0.493 e. The second-order valence-corrected chi connectivity index (χ2v) is 4.72. The molecule has 19 heavy (non-hydrogen) atoms. The van der Waals surface area contributed by atoms with E-state index in [1.807, 2.05) is 24.3 Å². The van der Waals surface area contributed by atoms with Gasteiger partial charge in [0.05, 0.1) is 14.2 Å². The normalized spacial score (nSPS) is 10.3. The van der Waals surface area contributed by atoms with Gasteiger partial charge in [0.15, 0.2) is 11.5 Å². The van der Waals surface area contributed by atoms with Crippen molar-refractivity contribution in [3.8, 4) is 22.6 Å². The number of hydrogen-bond acceptors (Lipinski definition) is 3. The van der Waals surface area contributed by atoms with E-state index < -0.39 is 0 Å². The third kappa shape index (κ3) is 2.71. The predicted octanol–water partition coefficient (Wildman–Crippen LogP) is 4.22. The number of thiol groups is 1. The molecule has 0 saturated carbocycles. The highest BCUT2D eigenvalue weighted by atomic mass is 32.1. The van der Waals surface area contributed by atoms with Crippen LogP contribution in [0.5, 0.6) is 11.5 Å². The zero-order chi connectivity index (χ0) is 13.8. The highest BCUT2D eigenvalue weighted by Gasteiger charge is 2.12. The van der Waals surface area contributed by atoms with E-state index >= 15 is 0 Å². The van der Waals surface area contributed by atoms with Crippen LogP contribution in [0.4, 0.5) is 0 Å². The van der Waals surface area contributed by atoms with E-state index in [-0.39, 0.29) is 0 Å². The molecule has 0 bridgehead atoms. The summed E-state index contributed by atoms with van der Waals surface area (Å²) in [5.41, 5.74) is 3.38. The maximum Gasteiger partial charge on any atom is 0.168 e. The summed E-state index contributed by atoms with van der Waals surface area (Å²) in [7, 11) is 3.31. The second kappa shape index (κ2) is 6.02. The summed E-state index contributed by atoms with van der Waals surface area (Å²) in [5.74, 6) is 1.51. The van der Waals surface area contributed by atoms with Gasteiger partial charge in [-0.15, -0.1) is 12.6 Å². The predicted molar refractivity (Wildman–Crippen MR) is 81.6 cm³/mol. The van der Waals surface area contributed by atoms with Crippen LogP contribution in [0.15, 0.2) is 41.3 Å². The summed E-state index contributed by atoms with van der Waals surface area (Å²) < 4.78 is 10.8. The molecular formula is C16H18O2S. The fraction of sp³-hybridized carbons (Fsp3) is 0.250. The molecule has 0 aromatic heterocycles. The van der Waals surface area contributed by atoms with E-state index in [0.717, 1.165) is 33.9 Å². The highest BCUT2D eigenvalue weighted by molar-refractivity contribution is 7.80. The Kier molecular flexibility index (Phi) is 4.38. The van der Waals surface area contributed by atoms with Gasteiger partial charge in [0.25, 0.3) is 0 Å². The van der Waals surface area contributed by atoms with Gasteiger partial charge in [-0.3, -0.25) is 0 Å². The molecule has 0 amide bonds. The largest absolute Gasteiger partial charge is 0.493 e. The lowest BCUT2D eigenvalue weighted by molar-refractivity contribution is 0.356. The van der Waals surface area contributed by atoms with Crippen LogP contribution in [0.3, 0.4) is 0 Å². The van der Waals surface area contributed by atoms with E-state index in [1.165, 1.54) is 5.56 Å². The molecule has 0 aliphatic carbocycles. The van der Waals surface area contributed by atoms with Gasteiger partial charge in [0.2, 0.25) is 0 Å². The fourth-order valence-corrected chi connectivity index (χ4v) is 2.45. The van der Waals surface area contributed by atoms with Gasteiger partial charge in [-0.1, -0.05) is 25.1 Å². The smallest absolute Gasteiger partial charge is 0.168 e. The molecule has 100 valence electrons. The summed E-state index contributed by atoms with van der Waals surface area (Å²) in [6.07, 6.45) is 0.957. The lowest BCUT2D eigenvalue weighted by Crippen LogP contribution is -1.94. The Morgan fingerprint density at radius 3 is 2.47 bits per heavy atom. The van der Waals surface area contributed by atoms with Crippen molar-refractivity contribution in [1.29, 1.82) is 0 Å². The molecule has 0 unspecified atom stereocenters. The molecular weight excluding hydrogens is 256 g/mol. The Balaban J connectivity index is 2.58. The van der Waals surface area contributed by atoms with Crippen molar-refractivity contribution in [3.63, 3.8) is 0 Å².